The van der Waals surface area contributed by atoms with E-state index in [0.29, 0.717) is 5.91 Å². The second-order valence-electron chi connectivity index (χ2n) is 8.10. The third-order valence-corrected chi connectivity index (χ3v) is 6.22. The van der Waals surface area contributed by atoms with Crippen LogP contribution in [0, 0.1) is 11.8 Å². The Bertz CT molecular complexity index is 391. The van der Waals surface area contributed by atoms with Crippen molar-refractivity contribution in [3.63, 3.8) is 0 Å². The second kappa shape index (κ2) is 9.19. The van der Waals surface area contributed by atoms with Gasteiger partial charge in [0, 0.05) is 32.1 Å². The van der Waals surface area contributed by atoms with Crippen LogP contribution in [0.1, 0.15) is 66.2 Å². The average Bonchev–Trinajstić information content (AvgIpc) is 2.61. The quantitative estimate of drug-likeness (QED) is 0.712. The molecule has 0 aromatic carbocycles. The Morgan fingerprint density at radius 3 is 2.46 bits per heavy atom. The highest BCUT2D eigenvalue weighted by molar-refractivity contribution is 5.78. The molecule has 2 aliphatic rings. The normalized spacial score (nSPS) is 24.1. The zero-order chi connectivity index (χ0) is 17.6. The Morgan fingerprint density at radius 2 is 1.83 bits per heavy atom. The summed E-state index contributed by atoms with van der Waals surface area (Å²) >= 11 is 0. The van der Waals surface area contributed by atoms with E-state index in [2.05, 4.69) is 30.6 Å². The lowest BCUT2D eigenvalue weighted by molar-refractivity contribution is -0.153. The fraction of sp³-hybridized carbons (Fsp3) is 0.950. The maximum atomic E-state index is 12.4. The van der Waals surface area contributed by atoms with E-state index in [0.717, 1.165) is 58.0 Å². The molecule has 4 nitrogen and oxygen atoms in total. The molecule has 0 saturated carbocycles. The molecule has 0 N–H and O–H groups in total. The summed E-state index contributed by atoms with van der Waals surface area (Å²) in [5.41, 5.74) is 0.000848. The lowest BCUT2D eigenvalue weighted by Gasteiger charge is -2.47. The molecule has 0 bridgehead atoms. The van der Waals surface area contributed by atoms with Gasteiger partial charge in [-0.1, -0.05) is 34.1 Å². The van der Waals surface area contributed by atoms with E-state index in [1.807, 2.05) is 6.92 Å². The van der Waals surface area contributed by atoms with Gasteiger partial charge in [0.25, 0.3) is 0 Å². The SMILES string of the molecule is CCC(C)CCCN1CCOC2(CCN(C(=O)C(C)CC)CC2)C1. The van der Waals surface area contributed by atoms with E-state index in [9.17, 15) is 4.79 Å². The van der Waals surface area contributed by atoms with Gasteiger partial charge in [0.1, 0.15) is 0 Å². The van der Waals surface area contributed by atoms with Gasteiger partial charge in [0.05, 0.1) is 12.2 Å². The highest BCUT2D eigenvalue weighted by Gasteiger charge is 2.40. The molecule has 0 radical (unpaired) electrons. The number of likely N-dealkylation sites (tertiary alicyclic amines) is 1. The molecule has 2 aliphatic heterocycles. The first kappa shape index (κ1) is 19.7. The predicted octanol–water partition coefficient (Wildman–Crippen LogP) is 3.55. The summed E-state index contributed by atoms with van der Waals surface area (Å²) in [7, 11) is 0. The maximum Gasteiger partial charge on any atom is 0.225 e. The molecule has 1 spiro atoms. The summed E-state index contributed by atoms with van der Waals surface area (Å²) in [6.45, 7) is 14.7. The van der Waals surface area contributed by atoms with Crippen LogP contribution < -0.4 is 0 Å². The zero-order valence-corrected chi connectivity index (χ0v) is 16.4. The van der Waals surface area contributed by atoms with Crippen LogP contribution in [-0.4, -0.2) is 60.6 Å². The molecular formula is C20H38N2O2. The first-order chi connectivity index (χ1) is 11.5. The number of rotatable bonds is 7. The van der Waals surface area contributed by atoms with Crippen LogP contribution in [0.5, 0.6) is 0 Å². The monoisotopic (exact) mass is 338 g/mol. The number of hydrogen-bond donors (Lipinski definition) is 0. The first-order valence-electron chi connectivity index (χ1n) is 10.1. The number of amides is 1. The summed E-state index contributed by atoms with van der Waals surface area (Å²) < 4.78 is 6.22. The second-order valence-corrected chi connectivity index (χ2v) is 8.10. The minimum Gasteiger partial charge on any atom is -0.372 e. The van der Waals surface area contributed by atoms with Gasteiger partial charge < -0.3 is 9.64 Å². The molecule has 2 saturated heterocycles. The van der Waals surface area contributed by atoms with Crippen molar-refractivity contribution in [3.8, 4) is 0 Å². The number of nitrogens with zero attached hydrogens (tertiary/aromatic N) is 2. The molecule has 24 heavy (non-hydrogen) atoms. The van der Waals surface area contributed by atoms with Crippen molar-refractivity contribution < 1.29 is 9.53 Å². The molecule has 2 unspecified atom stereocenters. The van der Waals surface area contributed by atoms with Crippen molar-refractivity contribution in [3.05, 3.63) is 0 Å². The van der Waals surface area contributed by atoms with Gasteiger partial charge >= 0.3 is 0 Å². The minimum absolute atomic E-state index is 0.000848. The fourth-order valence-electron chi connectivity index (χ4n) is 3.91. The third kappa shape index (κ3) is 5.19. The predicted molar refractivity (Wildman–Crippen MR) is 99.1 cm³/mol. The van der Waals surface area contributed by atoms with Crippen LogP contribution in [0.3, 0.4) is 0 Å². The lowest BCUT2D eigenvalue weighted by Crippen LogP contribution is -2.58. The summed E-state index contributed by atoms with van der Waals surface area (Å²) in [6.07, 6.45) is 6.84. The Hall–Kier alpha value is -0.610. The summed E-state index contributed by atoms with van der Waals surface area (Å²) in [6, 6.07) is 0. The van der Waals surface area contributed by atoms with Gasteiger partial charge in [-0.05, 0) is 44.6 Å². The molecule has 0 aromatic rings. The van der Waals surface area contributed by atoms with Crippen LogP contribution in [-0.2, 0) is 9.53 Å². The molecule has 0 aromatic heterocycles. The van der Waals surface area contributed by atoms with E-state index >= 15 is 0 Å². The Balaban J connectivity index is 1.79. The van der Waals surface area contributed by atoms with E-state index in [1.165, 1.54) is 25.8 Å². The number of morpholine rings is 1. The van der Waals surface area contributed by atoms with Gasteiger partial charge in [-0.3, -0.25) is 9.69 Å². The van der Waals surface area contributed by atoms with Crippen LogP contribution in [0.25, 0.3) is 0 Å². The van der Waals surface area contributed by atoms with Crippen molar-refractivity contribution in [2.24, 2.45) is 11.8 Å². The molecule has 1 amide bonds. The van der Waals surface area contributed by atoms with Crippen molar-refractivity contribution in [1.82, 2.24) is 9.80 Å². The van der Waals surface area contributed by atoms with Gasteiger partial charge in [-0.25, -0.2) is 0 Å². The molecule has 4 heteroatoms. The van der Waals surface area contributed by atoms with Crippen molar-refractivity contribution in [2.75, 3.05) is 39.3 Å². The highest BCUT2D eigenvalue weighted by Crippen LogP contribution is 2.31. The van der Waals surface area contributed by atoms with Crippen LogP contribution in [0.4, 0.5) is 0 Å². The molecule has 0 aliphatic carbocycles. The Labute approximate surface area is 148 Å². The van der Waals surface area contributed by atoms with Gasteiger partial charge in [0.2, 0.25) is 5.91 Å². The van der Waals surface area contributed by atoms with Crippen molar-refractivity contribution in [2.45, 2.75) is 71.8 Å². The number of ether oxygens (including phenoxy) is 1. The average molecular weight is 339 g/mol. The Kier molecular flexibility index (Phi) is 7.55. The van der Waals surface area contributed by atoms with Gasteiger partial charge in [0.15, 0.2) is 0 Å². The summed E-state index contributed by atoms with van der Waals surface area (Å²) in [5, 5.41) is 0. The maximum absolute atomic E-state index is 12.4. The number of hydrogen-bond acceptors (Lipinski definition) is 3. The number of piperidine rings is 1. The van der Waals surface area contributed by atoms with Crippen molar-refractivity contribution >= 4 is 5.91 Å². The number of carbonyl (C=O) groups excluding carboxylic acids is 1. The largest absolute Gasteiger partial charge is 0.372 e. The van der Waals surface area contributed by atoms with E-state index in [-0.39, 0.29) is 11.5 Å². The topological polar surface area (TPSA) is 32.8 Å². The smallest absolute Gasteiger partial charge is 0.225 e. The molecule has 2 atom stereocenters. The van der Waals surface area contributed by atoms with Gasteiger partial charge in [-0.2, -0.15) is 0 Å². The molecule has 2 heterocycles. The number of carbonyl (C=O) groups is 1. The first-order valence-corrected chi connectivity index (χ1v) is 10.1. The van der Waals surface area contributed by atoms with Crippen LogP contribution in [0.2, 0.25) is 0 Å². The fourth-order valence-corrected chi connectivity index (χ4v) is 3.91. The van der Waals surface area contributed by atoms with E-state index in [4.69, 9.17) is 4.74 Å². The van der Waals surface area contributed by atoms with Crippen molar-refractivity contribution in [1.29, 1.82) is 0 Å². The lowest BCUT2D eigenvalue weighted by atomic mass is 9.88. The van der Waals surface area contributed by atoms with Gasteiger partial charge in [-0.15, -0.1) is 0 Å². The molecule has 2 fully saturated rings. The van der Waals surface area contributed by atoms with Crippen LogP contribution in [0.15, 0.2) is 0 Å². The minimum atomic E-state index is 0.000848. The van der Waals surface area contributed by atoms with E-state index < -0.39 is 0 Å². The molecular weight excluding hydrogens is 300 g/mol. The molecule has 140 valence electrons. The summed E-state index contributed by atoms with van der Waals surface area (Å²) in [4.78, 5) is 17.0. The molecule has 2 rings (SSSR count). The highest BCUT2D eigenvalue weighted by atomic mass is 16.5. The summed E-state index contributed by atoms with van der Waals surface area (Å²) in [5.74, 6) is 1.33. The third-order valence-electron chi connectivity index (χ3n) is 6.22. The zero-order valence-electron chi connectivity index (χ0n) is 16.4. The van der Waals surface area contributed by atoms with Crippen LogP contribution >= 0.6 is 0 Å². The standard InChI is InChI=1S/C20H38N2O2/c1-5-17(3)8-7-11-21-14-15-24-20(16-21)9-12-22(13-10-20)19(23)18(4)6-2/h17-18H,5-16H2,1-4H3. The Morgan fingerprint density at radius 1 is 1.12 bits per heavy atom. The van der Waals surface area contributed by atoms with E-state index in [1.54, 1.807) is 0 Å².